The van der Waals surface area contributed by atoms with E-state index in [0.29, 0.717) is 18.2 Å². The molecule has 0 aromatic rings. The summed E-state index contributed by atoms with van der Waals surface area (Å²) in [5.41, 5.74) is 1.08. The van der Waals surface area contributed by atoms with E-state index in [2.05, 4.69) is 25.2 Å². The van der Waals surface area contributed by atoms with Crippen molar-refractivity contribution in [1.29, 1.82) is 0 Å². The van der Waals surface area contributed by atoms with Gasteiger partial charge in [-0.15, -0.1) is 0 Å². The highest BCUT2D eigenvalue weighted by atomic mass is 16.1. The summed E-state index contributed by atoms with van der Waals surface area (Å²) in [7, 11) is 0. The van der Waals surface area contributed by atoms with Crippen LogP contribution in [-0.4, -0.2) is 18.4 Å². The van der Waals surface area contributed by atoms with E-state index in [-0.39, 0.29) is 0 Å². The minimum atomic E-state index is 0.352. The molecule has 0 saturated carbocycles. The molecule has 15 heavy (non-hydrogen) atoms. The molecule has 2 nitrogen and oxygen atoms in total. The molecular formula is C13H23NO. The molecule has 1 aliphatic rings. The van der Waals surface area contributed by atoms with Gasteiger partial charge in [-0.2, -0.15) is 0 Å². The monoisotopic (exact) mass is 209 g/mol. The van der Waals surface area contributed by atoms with Crippen LogP contribution in [0.15, 0.2) is 11.6 Å². The maximum Gasteiger partial charge on any atom is 0.159 e. The summed E-state index contributed by atoms with van der Waals surface area (Å²) in [4.78, 5) is 11.8. The van der Waals surface area contributed by atoms with Crippen LogP contribution in [0, 0.1) is 0 Å². The lowest BCUT2D eigenvalue weighted by Crippen LogP contribution is -2.25. The molecule has 0 radical (unpaired) electrons. The number of carbonyl (C=O) groups is 1. The Morgan fingerprint density at radius 3 is 2.93 bits per heavy atom. The van der Waals surface area contributed by atoms with Crippen molar-refractivity contribution in [2.24, 2.45) is 0 Å². The maximum absolute atomic E-state index is 11.8. The molecule has 0 amide bonds. The molecule has 2 heteroatoms. The number of allylic oxidation sites excluding steroid dienone is 2. The van der Waals surface area contributed by atoms with Gasteiger partial charge >= 0.3 is 0 Å². The molecule has 0 bridgehead atoms. The Morgan fingerprint density at radius 2 is 2.20 bits per heavy atom. The van der Waals surface area contributed by atoms with Crippen LogP contribution in [0.1, 0.15) is 52.4 Å². The van der Waals surface area contributed by atoms with Crippen molar-refractivity contribution in [2.75, 3.05) is 6.54 Å². The van der Waals surface area contributed by atoms with Crippen molar-refractivity contribution >= 4 is 5.78 Å². The zero-order valence-corrected chi connectivity index (χ0v) is 10.0. The first-order chi connectivity index (χ1) is 7.20. The first kappa shape index (κ1) is 12.4. The third kappa shape index (κ3) is 5.12. The molecule has 0 aromatic heterocycles. The normalized spacial score (nSPS) is 17.4. The Labute approximate surface area is 93.1 Å². The van der Waals surface area contributed by atoms with Gasteiger partial charge in [0, 0.05) is 19.0 Å². The van der Waals surface area contributed by atoms with Crippen molar-refractivity contribution in [3.8, 4) is 0 Å². The molecule has 0 unspecified atom stereocenters. The van der Waals surface area contributed by atoms with Gasteiger partial charge in [-0.25, -0.2) is 0 Å². The van der Waals surface area contributed by atoms with Gasteiger partial charge in [0.15, 0.2) is 5.78 Å². The molecular weight excluding hydrogens is 186 g/mol. The summed E-state index contributed by atoms with van der Waals surface area (Å²) in [6.45, 7) is 5.03. The van der Waals surface area contributed by atoms with E-state index >= 15 is 0 Å². The number of carbonyl (C=O) groups excluding carboxylic acids is 1. The molecule has 1 N–H and O–H groups in total. The maximum atomic E-state index is 11.8. The lowest BCUT2D eigenvalue weighted by atomic mass is 10.0. The van der Waals surface area contributed by atoms with Crippen molar-refractivity contribution in [1.82, 2.24) is 5.32 Å². The first-order valence-corrected chi connectivity index (χ1v) is 6.16. The number of hydrogen-bond donors (Lipinski definition) is 1. The van der Waals surface area contributed by atoms with E-state index in [4.69, 9.17) is 0 Å². The van der Waals surface area contributed by atoms with Gasteiger partial charge in [0.2, 0.25) is 0 Å². The molecule has 0 aromatic carbocycles. The summed E-state index contributed by atoms with van der Waals surface area (Å²) in [6.07, 6.45) is 8.63. The minimum absolute atomic E-state index is 0.352. The van der Waals surface area contributed by atoms with E-state index in [1.54, 1.807) is 0 Å². The topological polar surface area (TPSA) is 29.1 Å². The highest BCUT2D eigenvalue weighted by Crippen LogP contribution is 2.18. The van der Waals surface area contributed by atoms with Crippen LogP contribution in [0.2, 0.25) is 0 Å². The van der Waals surface area contributed by atoms with Crippen LogP contribution >= 0.6 is 0 Å². The Balaban J connectivity index is 2.29. The SMILES string of the molecule is CC(C)NCCC(=O)C1=CCCCCC1. The minimum Gasteiger partial charge on any atom is -0.314 e. The van der Waals surface area contributed by atoms with E-state index in [0.717, 1.165) is 25.0 Å². The van der Waals surface area contributed by atoms with Gasteiger partial charge in [0.05, 0.1) is 0 Å². The van der Waals surface area contributed by atoms with Crippen LogP contribution in [0.25, 0.3) is 0 Å². The molecule has 0 aliphatic heterocycles. The number of rotatable bonds is 5. The zero-order valence-electron chi connectivity index (χ0n) is 10.0. The highest BCUT2D eigenvalue weighted by molar-refractivity contribution is 5.95. The van der Waals surface area contributed by atoms with Crippen molar-refractivity contribution < 1.29 is 4.79 Å². The standard InChI is InChI=1S/C13H23NO/c1-11(2)14-10-9-13(15)12-7-5-3-4-6-8-12/h7,11,14H,3-6,8-10H2,1-2H3. The fraction of sp³-hybridized carbons (Fsp3) is 0.769. The fourth-order valence-corrected chi connectivity index (χ4v) is 1.90. The van der Waals surface area contributed by atoms with E-state index in [9.17, 15) is 4.79 Å². The lowest BCUT2D eigenvalue weighted by molar-refractivity contribution is -0.115. The van der Waals surface area contributed by atoms with Gasteiger partial charge in [-0.1, -0.05) is 26.3 Å². The summed E-state index contributed by atoms with van der Waals surface area (Å²) >= 11 is 0. The quantitative estimate of drug-likeness (QED) is 0.754. The fourth-order valence-electron chi connectivity index (χ4n) is 1.90. The molecule has 1 aliphatic carbocycles. The van der Waals surface area contributed by atoms with Crippen LogP contribution in [0.3, 0.4) is 0 Å². The number of ketones is 1. The molecule has 0 spiro atoms. The third-order valence-corrected chi connectivity index (χ3v) is 2.80. The van der Waals surface area contributed by atoms with Crippen molar-refractivity contribution in [3.05, 3.63) is 11.6 Å². The van der Waals surface area contributed by atoms with Crippen LogP contribution < -0.4 is 5.32 Å². The lowest BCUT2D eigenvalue weighted by Gasteiger charge is -2.08. The molecule has 0 saturated heterocycles. The number of hydrogen-bond acceptors (Lipinski definition) is 2. The van der Waals surface area contributed by atoms with Crippen LogP contribution in [0.5, 0.6) is 0 Å². The molecule has 0 fully saturated rings. The highest BCUT2D eigenvalue weighted by Gasteiger charge is 2.10. The molecule has 1 rings (SSSR count). The van der Waals surface area contributed by atoms with Crippen molar-refractivity contribution in [2.45, 2.75) is 58.4 Å². The average molecular weight is 209 g/mol. The van der Waals surface area contributed by atoms with Crippen LogP contribution in [0.4, 0.5) is 0 Å². The molecule has 0 heterocycles. The second-order valence-corrected chi connectivity index (χ2v) is 4.61. The Hall–Kier alpha value is -0.630. The smallest absolute Gasteiger partial charge is 0.159 e. The summed E-state index contributed by atoms with van der Waals surface area (Å²) in [5, 5.41) is 3.28. The van der Waals surface area contributed by atoms with Gasteiger partial charge in [0.1, 0.15) is 0 Å². The molecule has 86 valence electrons. The summed E-state index contributed by atoms with van der Waals surface area (Å²) in [5.74, 6) is 0.352. The second-order valence-electron chi connectivity index (χ2n) is 4.61. The largest absolute Gasteiger partial charge is 0.314 e. The first-order valence-electron chi connectivity index (χ1n) is 6.16. The number of nitrogens with one attached hydrogen (secondary N) is 1. The number of Topliss-reactive ketones (excluding diaryl/α,β-unsaturated/α-hetero) is 1. The van der Waals surface area contributed by atoms with Gasteiger partial charge in [-0.3, -0.25) is 4.79 Å². The predicted molar refractivity (Wildman–Crippen MR) is 63.9 cm³/mol. The predicted octanol–water partition coefficient (Wildman–Crippen LogP) is 2.83. The summed E-state index contributed by atoms with van der Waals surface area (Å²) in [6, 6.07) is 0.473. The Kier molecular flexibility index (Phi) is 5.62. The van der Waals surface area contributed by atoms with Crippen molar-refractivity contribution in [3.63, 3.8) is 0 Å². The van der Waals surface area contributed by atoms with E-state index < -0.39 is 0 Å². The van der Waals surface area contributed by atoms with Gasteiger partial charge < -0.3 is 5.32 Å². The summed E-state index contributed by atoms with van der Waals surface area (Å²) < 4.78 is 0. The van der Waals surface area contributed by atoms with Gasteiger partial charge in [0.25, 0.3) is 0 Å². The average Bonchev–Trinajstić information content (AvgIpc) is 2.44. The second kappa shape index (κ2) is 6.78. The Bertz CT molecular complexity index is 231. The van der Waals surface area contributed by atoms with E-state index in [1.807, 2.05) is 0 Å². The van der Waals surface area contributed by atoms with E-state index in [1.165, 1.54) is 19.3 Å². The van der Waals surface area contributed by atoms with Crippen LogP contribution in [-0.2, 0) is 4.79 Å². The third-order valence-electron chi connectivity index (χ3n) is 2.80. The zero-order chi connectivity index (χ0) is 11.1. The Morgan fingerprint density at radius 1 is 1.40 bits per heavy atom. The van der Waals surface area contributed by atoms with Gasteiger partial charge in [-0.05, 0) is 31.3 Å². The molecule has 0 atom stereocenters.